The number of rotatable bonds is 4. The molecule has 2 rings (SSSR count). The van der Waals surface area contributed by atoms with Crippen LogP contribution in [0.15, 0.2) is 27.6 Å². The summed E-state index contributed by atoms with van der Waals surface area (Å²) in [4.78, 5) is 11.7. The van der Waals surface area contributed by atoms with Gasteiger partial charge in [-0.3, -0.25) is 4.79 Å². The van der Waals surface area contributed by atoms with Crippen LogP contribution in [0.5, 0.6) is 0 Å². The highest BCUT2D eigenvalue weighted by atomic mass is 79.9. The van der Waals surface area contributed by atoms with Gasteiger partial charge in [-0.15, -0.1) is 0 Å². The quantitative estimate of drug-likeness (QED) is 0.877. The summed E-state index contributed by atoms with van der Waals surface area (Å²) in [6.07, 6.45) is 0.775. The molecule has 1 fully saturated rings. The summed E-state index contributed by atoms with van der Waals surface area (Å²) in [6, 6.07) is 5.08. The van der Waals surface area contributed by atoms with Gasteiger partial charge in [-0.1, -0.05) is 28.9 Å². The van der Waals surface area contributed by atoms with E-state index in [0.717, 1.165) is 0 Å². The number of carboxylic acid groups (broad SMARTS) is 1. The highest BCUT2D eigenvalue weighted by Crippen LogP contribution is 2.37. The fraction of sp³-hybridized carbons (Fsp3) is 0.500. The van der Waals surface area contributed by atoms with Crippen molar-refractivity contribution in [1.29, 1.82) is 0 Å². The molecule has 1 saturated heterocycles. The molecule has 1 aliphatic heterocycles. The minimum absolute atomic E-state index is 0.0348. The Morgan fingerprint density at radius 2 is 2.14 bits per heavy atom. The van der Waals surface area contributed by atoms with E-state index >= 15 is 0 Å². The molecule has 1 unspecified atom stereocenters. The molecule has 0 aliphatic carbocycles. The molecule has 5 nitrogen and oxygen atoms in total. The summed E-state index contributed by atoms with van der Waals surface area (Å²) >= 11 is 3.28. The van der Waals surface area contributed by atoms with Gasteiger partial charge in [0, 0.05) is 17.6 Å². The summed E-state index contributed by atoms with van der Waals surface area (Å²) in [5.41, 5.74) is -0.310. The predicted molar refractivity (Wildman–Crippen MR) is 82.6 cm³/mol. The zero-order chi connectivity index (χ0) is 15.8. The number of aryl methyl sites for hydroxylation is 1. The summed E-state index contributed by atoms with van der Waals surface area (Å²) in [7, 11) is -3.67. The third-order valence-electron chi connectivity index (χ3n) is 4.22. The molecule has 1 aromatic carbocycles. The maximum absolute atomic E-state index is 12.7. The SMILES string of the molecule is CCC1(C(=O)O)CCN(S(=O)(=O)c2cc(Br)ccc2C)C1. The van der Waals surface area contributed by atoms with Crippen molar-refractivity contribution in [3.8, 4) is 0 Å². The van der Waals surface area contributed by atoms with Gasteiger partial charge >= 0.3 is 5.97 Å². The predicted octanol–water partition coefficient (Wildman–Crippen LogP) is 2.63. The molecule has 1 atom stereocenters. The van der Waals surface area contributed by atoms with Gasteiger partial charge in [-0.25, -0.2) is 8.42 Å². The van der Waals surface area contributed by atoms with Crippen LogP contribution in [0.25, 0.3) is 0 Å². The van der Waals surface area contributed by atoms with Gasteiger partial charge in [0.15, 0.2) is 0 Å². The van der Waals surface area contributed by atoms with Crippen molar-refractivity contribution < 1.29 is 18.3 Å². The fourth-order valence-corrected chi connectivity index (χ4v) is 4.94. The number of nitrogens with zero attached hydrogens (tertiary/aromatic N) is 1. The third kappa shape index (κ3) is 2.86. The van der Waals surface area contributed by atoms with E-state index in [1.807, 2.05) is 0 Å². The number of hydrogen-bond acceptors (Lipinski definition) is 3. The zero-order valence-electron chi connectivity index (χ0n) is 12.0. The van der Waals surface area contributed by atoms with Gasteiger partial charge in [-0.2, -0.15) is 4.31 Å². The second-order valence-corrected chi connectivity index (χ2v) is 8.26. The maximum atomic E-state index is 12.7. The minimum Gasteiger partial charge on any atom is -0.481 e. The van der Waals surface area contributed by atoms with Crippen molar-refractivity contribution in [2.75, 3.05) is 13.1 Å². The molecule has 7 heteroatoms. The number of hydrogen-bond donors (Lipinski definition) is 1. The first-order valence-corrected chi connectivity index (χ1v) is 8.96. The van der Waals surface area contributed by atoms with Crippen LogP contribution < -0.4 is 0 Å². The lowest BCUT2D eigenvalue weighted by molar-refractivity contribution is -0.148. The van der Waals surface area contributed by atoms with Gasteiger partial charge in [0.1, 0.15) is 0 Å². The highest BCUT2D eigenvalue weighted by molar-refractivity contribution is 9.10. The second-order valence-electron chi connectivity index (χ2n) is 5.44. The Kier molecular flexibility index (Phi) is 4.46. The summed E-state index contributed by atoms with van der Waals surface area (Å²) in [6.45, 7) is 3.80. The molecule has 0 spiro atoms. The molecule has 1 heterocycles. The van der Waals surface area contributed by atoms with E-state index in [1.54, 1.807) is 32.0 Å². The lowest BCUT2D eigenvalue weighted by Gasteiger charge is -2.23. The fourth-order valence-electron chi connectivity index (χ4n) is 2.64. The Morgan fingerprint density at radius 3 is 2.67 bits per heavy atom. The Labute approximate surface area is 133 Å². The number of sulfonamides is 1. The van der Waals surface area contributed by atoms with E-state index in [1.165, 1.54) is 4.31 Å². The second kappa shape index (κ2) is 5.70. The summed E-state index contributed by atoms with van der Waals surface area (Å²) in [5.74, 6) is -0.923. The molecular weight excluding hydrogens is 358 g/mol. The van der Waals surface area contributed by atoms with Crippen molar-refractivity contribution in [2.45, 2.75) is 31.6 Å². The molecule has 1 N–H and O–H groups in total. The third-order valence-corrected chi connectivity index (χ3v) is 6.70. The minimum atomic E-state index is -3.67. The topological polar surface area (TPSA) is 74.7 Å². The van der Waals surface area contributed by atoms with E-state index < -0.39 is 21.4 Å². The standard InChI is InChI=1S/C14H18BrNO4S/c1-3-14(13(17)18)6-7-16(9-14)21(19,20)12-8-11(15)5-4-10(12)2/h4-5,8H,3,6-7,9H2,1-2H3,(H,17,18). The summed E-state index contributed by atoms with van der Waals surface area (Å²) < 4.78 is 27.5. The lowest BCUT2D eigenvalue weighted by Crippen LogP contribution is -2.36. The molecule has 0 amide bonds. The number of aliphatic carboxylic acids is 1. The Hall–Kier alpha value is -0.920. The van der Waals surface area contributed by atoms with Crippen LogP contribution in [0, 0.1) is 12.3 Å². The van der Waals surface area contributed by atoms with E-state index in [9.17, 15) is 18.3 Å². The Bertz CT molecular complexity index is 674. The summed E-state index contributed by atoms with van der Waals surface area (Å²) in [5, 5.41) is 9.39. The molecule has 1 aromatic rings. The normalized spacial score (nSPS) is 23.4. The van der Waals surface area contributed by atoms with Crippen molar-refractivity contribution in [3.05, 3.63) is 28.2 Å². The molecule has 21 heavy (non-hydrogen) atoms. The van der Waals surface area contributed by atoms with Crippen LogP contribution in [0.4, 0.5) is 0 Å². The average molecular weight is 376 g/mol. The Morgan fingerprint density at radius 1 is 1.48 bits per heavy atom. The van der Waals surface area contributed by atoms with Crippen LogP contribution >= 0.6 is 15.9 Å². The van der Waals surface area contributed by atoms with Crippen molar-refractivity contribution in [1.82, 2.24) is 4.31 Å². The highest BCUT2D eigenvalue weighted by Gasteiger charge is 2.47. The van der Waals surface area contributed by atoms with Gasteiger partial charge in [-0.05, 0) is 37.5 Å². The van der Waals surface area contributed by atoms with Crippen LogP contribution in [0.2, 0.25) is 0 Å². The molecular formula is C14H18BrNO4S. The lowest BCUT2D eigenvalue weighted by atomic mass is 9.85. The largest absolute Gasteiger partial charge is 0.481 e. The first kappa shape index (κ1) is 16.5. The average Bonchev–Trinajstić information content (AvgIpc) is 2.88. The van der Waals surface area contributed by atoms with Crippen molar-refractivity contribution in [3.63, 3.8) is 0 Å². The van der Waals surface area contributed by atoms with Gasteiger partial charge in [0.25, 0.3) is 0 Å². The first-order valence-electron chi connectivity index (χ1n) is 6.73. The number of carbonyl (C=O) groups is 1. The Balaban J connectivity index is 2.38. The van der Waals surface area contributed by atoms with Crippen LogP contribution in [0.1, 0.15) is 25.3 Å². The van der Waals surface area contributed by atoms with E-state index in [0.29, 0.717) is 22.9 Å². The van der Waals surface area contributed by atoms with Crippen molar-refractivity contribution >= 4 is 31.9 Å². The molecule has 0 radical (unpaired) electrons. The van der Waals surface area contributed by atoms with Gasteiger partial charge in [0.05, 0.1) is 10.3 Å². The van der Waals surface area contributed by atoms with Gasteiger partial charge in [0.2, 0.25) is 10.0 Å². The smallest absolute Gasteiger partial charge is 0.311 e. The number of benzene rings is 1. The number of carboxylic acids is 1. The van der Waals surface area contributed by atoms with E-state index in [4.69, 9.17) is 0 Å². The van der Waals surface area contributed by atoms with Gasteiger partial charge < -0.3 is 5.11 Å². The molecule has 116 valence electrons. The molecule has 1 aliphatic rings. The molecule has 0 bridgehead atoms. The zero-order valence-corrected chi connectivity index (χ0v) is 14.4. The molecule has 0 aromatic heterocycles. The number of halogens is 1. The monoisotopic (exact) mass is 375 g/mol. The first-order chi connectivity index (χ1) is 9.73. The molecule has 0 saturated carbocycles. The van der Waals surface area contributed by atoms with Crippen molar-refractivity contribution in [2.24, 2.45) is 5.41 Å². The van der Waals surface area contributed by atoms with E-state index in [2.05, 4.69) is 15.9 Å². The van der Waals surface area contributed by atoms with Crippen LogP contribution in [-0.2, 0) is 14.8 Å². The van der Waals surface area contributed by atoms with Crippen LogP contribution in [-0.4, -0.2) is 36.9 Å². The van der Waals surface area contributed by atoms with E-state index in [-0.39, 0.29) is 18.0 Å². The maximum Gasteiger partial charge on any atom is 0.311 e. The van der Waals surface area contributed by atoms with Crippen LogP contribution in [0.3, 0.4) is 0 Å².